The summed E-state index contributed by atoms with van der Waals surface area (Å²) in [5, 5.41) is 9.07. The quantitative estimate of drug-likeness (QED) is 0.765. The lowest BCUT2D eigenvalue weighted by Gasteiger charge is -2.16. The zero-order valence-corrected chi connectivity index (χ0v) is 8.03. The Balaban J connectivity index is 2.67. The predicted octanol–water partition coefficient (Wildman–Crippen LogP) is 1.98. The first kappa shape index (κ1) is 10.2. The van der Waals surface area contributed by atoms with Gasteiger partial charge in [-0.05, 0) is 19.4 Å². The molecule has 0 saturated carbocycles. The second kappa shape index (κ2) is 5.00. The predicted molar refractivity (Wildman–Crippen MR) is 52.1 cm³/mol. The minimum absolute atomic E-state index is 0.0534. The van der Waals surface area contributed by atoms with Gasteiger partial charge in [-0.3, -0.25) is 0 Å². The molecule has 1 radical (unpaired) electrons. The van der Waals surface area contributed by atoms with Crippen LogP contribution in [0.3, 0.4) is 0 Å². The molecule has 0 heterocycles. The highest BCUT2D eigenvalue weighted by Crippen LogP contribution is 2.16. The zero-order valence-electron chi connectivity index (χ0n) is 8.03. The van der Waals surface area contributed by atoms with Crippen molar-refractivity contribution in [3.8, 4) is 0 Å². The van der Waals surface area contributed by atoms with E-state index in [4.69, 9.17) is 9.84 Å². The molecule has 1 aromatic carbocycles. The molecule has 1 N–H and O–H groups in total. The van der Waals surface area contributed by atoms with Gasteiger partial charge >= 0.3 is 0 Å². The lowest BCUT2D eigenvalue weighted by Crippen LogP contribution is -2.14. The highest BCUT2D eigenvalue weighted by atomic mass is 16.5. The van der Waals surface area contributed by atoms with Gasteiger partial charge in [0.1, 0.15) is 0 Å². The van der Waals surface area contributed by atoms with Crippen molar-refractivity contribution in [3.05, 3.63) is 42.0 Å². The molecule has 0 bridgehead atoms. The summed E-state index contributed by atoms with van der Waals surface area (Å²) in [7, 11) is 0. The van der Waals surface area contributed by atoms with Crippen molar-refractivity contribution in [1.82, 2.24) is 0 Å². The Hall–Kier alpha value is -0.860. The third-order valence-corrected chi connectivity index (χ3v) is 1.62. The number of benzene rings is 1. The van der Waals surface area contributed by atoms with Gasteiger partial charge in [0.15, 0.2) is 6.10 Å². The molecule has 0 aliphatic heterocycles. The molecule has 0 aliphatic rings. The molecule has 71 valence electrons. The van der Waals surface area contributed by atoms with E-state index in [9.17, 15) is 0 Å². The molecule has 0 unspecified atom stereocenters. The normalized spacial score (nSPS) is 11.2. The van der Waals surface area contributed by atoms with E-state index in [-0.39, 0.29) is 12.7 Å². The van der Waals surface area contributed by atoms with Crippen molar-refractivity contribution >= 4 is 0 Å². The standard InChI is InChI=1S/C11H15O2/c1-9(2)13-11(8-12)10-6-4-3-5-7-10/h3-7,9,12H,8H2,1-2H3. The maximum atomic E-state index is 9.07. The van der Waals surface area contributed by atoms with Gasteiger partial charge in [0, 0.05) is 0 Å². The molecular weight excluding hydrogens is 164 g/mol. The van der Waals surface area contributed by atoms with Crippen molar-refractivity contribution in [3.63, 3.8) is 0 Å². The summed E-state index contributed by atoms with van der Waals surface area (Å²) < 4.78 is 5.45. The average molecular weight is 179 g/mol. The molecule has 13 heavy (non-hydrogen) atoms. The zero-order chi connectivity index (χ0) is 9.68. The van der Waals surface area contributed by atoms with Gasteiger partial charge in [-0.1, -0.05) is 30.3 Å². The van der Waals surface area contributed by atoms with Crippen LogP contribution >= 0.6 is 0 Å². The molecule has 1 rings (SSSR count). The van der Waals surface area contributed by atoms with Crippen LogP contribution in [0.4, 0.5) is 0 Å². The van der Waals surface area contributed by atoms with Gasteiger partial charge in [-0.25, -0.2) is 0 Å². The average Bonchev–Trinajstić information content (AvgIpc) is 2.15. The minimum Gasteiger partial charge on any atom is -0.393 e. The number of ether oxygens (including phenoxy) is 1. The summed E-state index contributed by atoms with van der Waals surface area (Å²) in [6.45, 7) is 3.83. The topological polar surface area (TPSA) is 29.5 Å². The highest BCUT2D eigenvalue weighted by Gasteiger charge is 2.12. The summed E-state index contributed by atoms with van der Waals surface area (Å²) in [5.74, 6) is 0. The first-order chi connectivity index (χ1) is 6.24. The summed E-state index contributed by atoms with van der Waals surface area (Å²) in [6.07, 6.45) is 0.734. The first-order valence-electron chi connectivity index (χ1n) is 4.42. The fourth-order valence-corrected chi connectivity index (χ4v) is 1.11. The van der Waals surface area contributed by atoms with Crippen molar-refractivity contribution in [1.29, 1.82) is 0 Å². The molecule has 2 heteroatoms. The van der Waals surface area contributed by atoms with Crippen LogP contribution in [0.2, 0.25) is 0 Å². The van der Waals surface area contributed by atoms with Crippen LogP contribution < -0.4 is 0 Å². The SMILES string of the molecule is CC(C)O[C](CO)c1ccccc1. The lowest BCUT2D eigenvalue weighted by molar-refractivity contribution is 0.0686. The van der Waals surface area contributed by atoms with E-state index in [1.165, 1.54) is 0 Å². The van der Waals surface area contributed by atoms with E-state index in [0.717, 1.165) is 5.56 Å². The van der Waals surface area contributed by atoms with E-state index in [0.29, 0.717) is 6.10 Å². The molecule has 0 spiro atoms. The van der Waals surface area contributed by atoms with Crippen molar-refractivity contribution in [2.24, 2.45) is 0 Å². The largest absolute Gasteiger partial charge is 0.393 e. The van der Waals surface area contributed by atoms with E-state index < -0.39 is 0 Å². The fourth-order valence-electron chi connectivity index (χ4n) is 1.11. The van der Waals surface area contributed by atoms with Crippen LogP contribution in [-0.4, -0.2) is 17.8 Å². The third kappa shape index (κ3) is 3.17. The summed E-state index contributed by atoms with van der Waals surface area (Å²) in [6, 6.07) is 9.64. The van der Waals surface area contributed by atoms with Gasteiger partial charge in [0.25, 0.3) is 0 Å². The molecular formula is C11H15O2. The van der Waals surface area contributed by atoms with E-state index >= 15 is 0 Å². The van der Waals surface area contributed by atoms with Gasteiger partial charge in [-0.15, -0.1) is 0 Å². The van der Waals surface area contributed by atoms with Crippen molar-refractivity contribution in [2.45, 2.75) is 20.0 Å². The van der Waals surface area contributed by atoms with E-state index in [1.54, 1.807) is 0 Å². The number of hydrogen-bond donors (Lipinski definition) is 1. The van der Waals surface area contributed by atoms with E-state index in [2.05, 4.69) is 0 Å². The fraction of sp³-hybridized carbons (Fsp3) is 0.364. The number of aliphatic hydroxyl groups is 1. The Morgan fingerprint density at radius 1 is 1.31 bits per heavy atom. The summed E-state index contributed by atoms with van der Waals surface area (Å²) >= 11 is 0. The summed E-state index contributed by atoms with van der Waals surface area (Å²) in [4.78, 5) is 0. The Morgan fingerprint density at radius 3 is 2.38 bits per heavy atom. The molecule has 0 aromatic heterocycles. The van der Waals surface area contributed by atoms with Crippen LogP contribution in [-0.2, 0) is 4.74 Å². The van der Waals surface area contributed by atoms with Crippen molar-refractivity contribution < 1.29 is 9.84 Å². The third-order valence-electron chi connectivity index (χ3n) is 1.62. The molecule has 1 aromatic rings. The number of rotatable bonds is 4. The second-order valence-electron chi connectivity index (χ2n) is 3.11. The maximum Gasteiger partial charge on any atom is 0.152 e. The summed E-state index contributed by atoms with van der Waals surface area (Å²) in [5.41, 5.74) is 0.943. The number of hydrogen-bond acceptors (Lipinski definition) is 2. The lowest BCUT2D eigenvalue weighted by atomic mass is 10.1. The van der Waals surface area contributed by atoms with Gasteiger partial charge < -0.3 is 9.84 Å². The van der Waals surface area contributed by atoms with Gasteiger partial charge in [-0.2, -0.15) is 0 Å². The Bertz CT molecular complexity index is 231. The highest BCUT2D eigenvalue weighted by molar-refractivity contribution is 5.26. The smallest absolute Gasteiger partial charge is 0.152 e. The monoisotopic (exact) mass is 179 g/mol. The number of aliphatic hydroxyl groups excluding tert-OH is 1. The molecule has 0 amide bonds. The van der Waals surface area contributed by atoms with Crippen LogP contribution in [0.1, 0.15) is 19.4 Å². The van der Waals surface area contributed by atoms with Crippen molar-refractivity contribution in [2.75, 3.05) is 6.61 Å². The van der Waals surface area contributed by atoms with Crippen LogP contribution in [0.5, 0.6) is 0 Å². The van der Waals surface area contributed by atoms with Crippen LogP contribution in [0.25, 0.3) is 0 Å². The molecule has 0 fully saturated rings. The first-order valence-corrected chi connectivity index (χ1v) is 4.42. The van der Waals surface area contributed by atoms with Crippen LogP contribution in [0.15, 0.2) is 30.3 Å². The molecule has 0 atom stereocenters. The Kier molecular flexibility index (Phi) is 3.93. The van der Waals surface area contributed by atoms with E-state index in [1.807, 2.05) is 44.2 Å². The minimum atomic E-state index is -0.0534. The van der Waals surface area contributed by atoms with Gasteiger partial charge in [0.2, 0.25) is 0 Å². The Labute approximate surface area is 79.2 Å². The molecule has 0 saturated heterocycles. The molecule has 0 aliphatic carbocycles. The van der Waals surface area contributed by atoms with Crippen LogP contribution in [0, 0.1) is 6.10 Å². The Morgan fingerprint density at radius 2 is 1.92 bits per heavy atom. The van der Waals surface area contributed by atoms with Gasteiger partial charge in [0.05, 0.1) is 12.7 Å². The maximum absolute atomic E-state index is 9.07. The molecule has 2 nitrogen and oxygen atoms in total. The second-order valence-corrected chi connectivity index (χ2v) is 3.11.